The molecule has 0 amide bonds. The first-order chi connectivity index (χ1) is 6.13. The van der Waals surface area contributed by atoms with Crippen LogP contribution in [0.15, 0.2) is 18.2 Å². The van der Waals surface area contributed by atoms with Gasteiger partial charge in [-0.1, -0.05) is 6.92 Å². The average Bonchev–Trinajstić information content (AvgIpc) is 2.06. The van der Waals surface area contributed by atoms with E-state index in [9.17, 15) is 9.90 Å². The first-order valence-electron chi connectivity index (χ1n) is 3.30. The van der Waals surface area contributed by atoms with E-state index in [0.717, 1.165) is 0 Å². The van der Waals surface area contributed by atoms with Crippen LogP contribution in [0.1, 0.15) is 15.9 Å². The molecule has 0 N–H and O–H groups in total. The summed E-state index contributed by atoms with van der Waals surface area (Å²) in [7, 11) is 0. The number of aryl methyl sites for hydroxylation is 1. The Kier molecular flexibility index (Phi) is 19.3. The van der Waals surface area contributed by atoms with Crippen LogP contribution in [-0.4, -0.2) is 12.1 Å². The molecule has 0 saturated carbocycles. The molecule has 0 bridgehead atoms. The Morgan fingerprint density at radius 2 is 1.87 bits per heavy atom. The molecule has 0 aromatic heterocycles. The Morgan fingerprint density at radius 3 is 2.13 bits per heavy atom. The van der Waals surface area contributed by atoms with E-state index in [1.165, 1.54) is 6.07 Å². The molecule has 4 nitrogen and oxygen atoms in total. The van der Waals surface area contributed by atoms with Gasteiger partial charge in [0.05, 0.1) is 0 Å². The Hall–Kier alpha value is 1.34. The molecule has 6 heteroatoms. The van der Waals surface area contributed by atoms with E-state index in [2.05, 4.69) is 6.07 Å². The first-order valence-corrected chi connectivity index (χ1v) is 3.30. The number of rotatable bonds is 1. The Bertz CT molecular complexity index is 333. The van der Waals surface area contributed by atoms with Crippen LogP contribution < -0.4 is 108 Å². The summed E-state index contributed by atoms with van der Waals surface area (Å²) in [6, 6.07) is 7.41. The van der Waals surface area contributed by atoms with Crippen molar-refractivity contribution in [1.29, 1.82) is 0 Å². The van der Waals surface area contributed by atoms with Gasteiger partial charge in [0.25, 0.3) is 0 Å². The minimum atomic E-state index is -1.13. The van der Waals surface area contributed by atoms with Crippen molar-refractivity contribution in [2.45, 2.75) is 6.92 Å². The molecular formula is C9H6K2O4. The average molecular weight is 256 g/mol. The molecule has 0 atom stereocenters. The van der Waals surface area contributed by atoms with Gasteiger partial charge < -0.3 is 9.90 Å². The number of hydrogen-bond acceptors (Lipinski definition) is 4. The summed E-state index contributed by atoms with van der Waals surface area (Å²) in [5, 5.41) is 10.3. The summed E-state index contributed by atoms with van der Waals surface area (Å²) < 4.78 is 0. The third kappa shape index (κ3) is 10.2. The molecule has 0 saturated heterocycles. The van der Waals surface area contributed by atoms with Crippen molar-refractivity contribution in [3.05, 3.63) is 35.4 Å². The fourth-order valence-corrected chi connectivity index (χ4v) is 0.743. The van der Waals surface area contributed by atoms with Gasteiger partial charge in [-0.15, -0.1) is 5.56 Å². The topological polar surface area (TPSA) is 74.3 Å². The quantitative estimate of drug-likeness (QED) is 0.370. The normalized spacial score (nSPS) is 6.73. The zero-order valence-electron chi connectivity index (χ0n) is 8.87. The largest absolute Gasteiger partial charge is 1.00 e. The minimum Gasteiger partial charge on any atom is -0.547 e. The van der Waals surface area contributed by atoms with Gasteiger partial charge in [-0.2, -0.15) is 39.4 Å². The molecule has 0 unspecified atom stereocenters. The molecule has 0 aliphatic rings. The van der Waals surface area contributed by atoms with E-state index in [1.807, 2.05) is 0 Å². The molecule has 0 heterocycles. The summed E-state index contributed by atoms with van der Waals surface area (Å²) in [5.41, 5.74) is 0.918. The van der Waals surface area contributed by atoms with Crippen LogP contribution in [0.5, 0.6) is 0 Å². The van der Waals surface area contributed by atoms with Gasteiger partial charge in [-0.3, -0.25) is 0 Å². The maximum absolute atomic E-state index is 10.3. The van der Waals surface area contributed by atoms with Crippen LogP contribution in [-0.2, 0) is 9.59 Å². The number of hydrogen-bond donors (Lipinski definition) is 0. The number of aromatic carboxylic acids is 1. The maximum Gasteiger partial charge on any atom is 1.00 e. The molecule has 68 valence electrons. The summed E-state index contributed by atoms with van der Waals surface area (Å²) in [6.45, 7) is 1.71. The summed E-state index contributed by atoms with van der Waals surface area (Å²) in [6.07, 6.45) is 0.250. The molecule has 1 aromatic rings. The Labute approximate surface area is 173 Å². The third-order valence-electron chi connectivity index (χ3n) is 1.29. The standard InChI is InChI=1S/C8H7O2.CO2.2K/c1-6-4-2-3-5-7(6)8(9)10;2-1-3;;/h3-5H,1H3,(H,9,10);;;/q-1;;2*+1/p-1. The molecule has 0 aliphatic heterocycles. The predicted octanol–water partition coefficient (Wildman–Crippen LogP) is -6.42. The fraction of sp³-hybridized carbons (Fsp3) is 0.111. The van der Waals surface area contributed by atoms with Gasteiger partial charge in [-0.25, -0.2) is 0 Å². The van der Waals surface area contributed by atoms with Crippen molar-refractivity contribution in [3.8, 4) is 0 Å². The van der Waals surface area contributed by atoms with Crippen molar-refractivity contribution in [2.75, 3.05) is 0 Å². The summed E-state index contributed by atoms with van der Waals surface area (Å²) >= 11 is 0. The SMILES string of the molecule is Cc1c[c-]ccc1C(=O)[O-].O=C=O.[K+].[K+]. The molecule has 0 aliphatic carbocycles. The van der Waals surface area contributed by atoms with E-state index < -0.39 is 5.97 Å². The van der Waals surface area contributed by atoms with Crippen LogP contribution in [0.25, 0.3) is 0 Å². The second kappa shape index (κ2) is 13.4. The van der Waals surface area contributed by atoms with E-state index >= 15 is 0 Å². The summed E-state index contributed by atoms with van der Waals surface area (Å²) in [5.74, 6) is -1.13. The zero-order chi connectivity index (χ0) is 10.3. The molecule has 15 heavy (non-hydrogen) atoms. The second-order valence-electron chi connectivity index (χ2n) is 2.11. The van der Waals surface area contributed by atoms with Crippen molar-refractivity contribution < 1.29 is 122 Å². The Morgan fingerprint density at radius 1 is 1.40 bits per heavy atom. The molecule has 0 radical (unpaired) electrons. The van der Waals surface area contributed by atoms with Crippen LogP contribution in [0.4, 0.5) is 0 Å². The molecule has 1 aromatic carbocycles. The first kappa shape index (κ1) is 21.6. The molecular weight excluding hydrogens is 250 g/mol. The van der Waals surface area contributed by atoms with E-state index in [1.54, 1.807) is 19.1 Å². The van der Waals surface area contributed by atoms with Crippen molar-refractivity contribution in [1.82, 2.24) is 0 Å². The van der Waals surface area contributed by atoms with Crippen molar-refractivity contribution in [2.24, 2.45) is 0 Å². The van der Waals surface area contributed by atoms with Gasteiger partial charge in [-0.05, 0) is 0 Å². The number of carbonyl (C=O) groups is 1. The van der Waals surface area contributed by atoms with E-state index in [0.29, 0.717) is 5.56 Å². The fourth-order valence-electron chi connectivity index (χ4n) is 0.743. The van der Waals surface area contributed by atoms with Crippen LogP contribution in [0, 0.1) is 13.0 Å². The van der Waals surface area contributed by atoms with Gasteiger partial charge in [0.1, 0.15) is 0 Å². The van der Waals surface area contributed by atoms with E-state index in [4.69, 9.17) is 9.59 Å². The number of benzene rings is 1. The molecule has 0 fully saturated rings. The van der Waals surface area contributed by atoms with Gasteiger partial charge in [0.15, 0.2) is 0 Å². The van der Waals surface area contributed by atoms with Gasteiger partial charge in [0.2, 0.25) is 0 Å². The van der Waals surface area contributed by atoms with Crippen LogP contribution >= 0.6 is 0 Å². The number of carboxylic acids is 1. The molecule has 1 rings (SSSR count). The third-order valence-corrected chi connectivity index (χ3v) is 1.29. The van der Waals surface area contributed by atoms with Gasteiger partial charge >= 0.3 is 109 Å². The smallest absolute Gasteiger partial charge is 0.547 e. The number of carboxylic acid groups (broad SMARTS) is 1. The van der Waals surface area contributed by atoms with Crippen LogP contribution in [0.2, 0.25) is 0 Å². The zero-order valence-corrected chi connectivity index (χ0v) is 15.1. The Balaban J connectivity index is -0.000000260. The monoisotopic (exact) mass is 256 g/mol. The van der Waals surface area contributed by atoms with Gasteiger partial charge in [0, 0.05) is 5.97 Å². The van der Waals surface area contributed by atoms with Crippen molar-refractivity contribution in [3.63, 3.8) is 0 Å². The van der Waals surface area contributed by atoms with E-state index in [-0.39, 0.29) is 114 Å². The number of carbonyl (C=O) groups excluding carboxylic acids is 3. The molecule has 0 spiro atoms. The van der Waals surface area contributed by atoms with Crippen molar-refractivity contribution >= 4 is 12.1 Å². The minimum absolute atomic E-state index is 0. The summed E-state index contributed by atoms with van der Waals surface area (Å²) in [4.78, 5) is 26.5. The van der Waals surface area contributed by atoms with Crippen LogP contribution in [0.3, 0.4) is 0 Å². The second-order valence-corrected chi connectivity index (χ2v) is 2.11. The maximum atomic E-state index is 10.3. The predicted molar refractivity (Wildman–Crippen MR) is 39.4 cm³/mol.